The van der Waals surface area contributed by atoms with Gasteiger partial charge in [-0.3, -0.25) is 4.79 Å². The molecule has 0 heterocycles. The maximum Gasteiger partial charge on any atom is 0.220 e. The zero-order valence-corrected chi connectivity index (χ0v) is 13.4. The molecule has 0 atom stereocenters. The number of benzene rings is 1. The van der Waals surface area contributed by atoms with Gasteiger partial charge < -0.3 is 15.4 Å². The van der Waals surface area contributed by atoms with Crippen molar-refractivity contribution in [2.45, 2.75) is 12.8 Å². The molecule has 0 saturated carbocycles. The Kier molecular flexibility index (Phi) is 10.6. The summed E-state index contributed by atoms with van der Waals surface area (Å²) in [4.78, 5) is 11.4. The Morgan fingerprint density at radius 3 is 2.58 bits per heavy atom. The quantitative estimate of drug-likeness (QED) is 0.707. The van der Waals surface area contributed by atoms with Crippen LogP contribution in [-0.4, -0.2) is 32.7 Å². The van der Waals surface area contributed by atoms with Crippen LogP contribution in [0.3, 0.4) is 0 Å². The predicted octanol–water partition coefficient (Wildman–Crippen LogP) is 2.37. The van der Waals surface area contributed by atoms with Gasteiger partial charge in [0.15, 0.2) is 0 Å². The Labute approximate surface area is 128 Å². The first kappa shape index (κ1) is 18.2. The third-order valence-corrected chi connectivity index (χ3v) is 2.87. The molecular weight excluding hydrogens is 332 g/mol. The lowest BCUT2D eigenvalue weighted by atomic mass is 10.3. The van der Waals surface area contributed by atoms with Crippen LogP contribution in [0.2, 0.25) is 0 Å². The fourth-order valence-corrected chi connectivity index (χ4v) is 1.67. The largest absolute Gasteiger partial charge is 0.492 e. The van der Waals surface area contributed by atoms with Gasteiger partial charge in [-0.25, -0.2) is 0 Å². The Morgan fingerprint density at radius 2 is 1.95 bits per heavy atom. The summed E-state index contributed by atoms with van der Waals surface area (Å²) in [6.45, 7) is 1.89. The number of hydrogen-bond acceptors (Lipinski definition) is 3. The molecule has 108 valence electrons. The highest BCUT2D eigenvalue weighted by Gasteiger charge is 2.00. The molecule has 0 aliphatic carbocycles. The molecule has 0 fully saturated rings. The fourth-order valence-electron chi connectivity index (χ4n) is 1.40. The van der Waals surface area contributed by atoms with E-state index in [0.717, 1.165) is 23.2 Å². The molecule has 0 radical (unpaired) electrons. The molecule has 2 N–H and O–H groups in total. The molecule has 0 unspecified atom stereocenters. The van der Waals surface area contributed by atoms with Crippen molar-refractivity contribution in [2.24, 2.45) is 0 Å². The minimum atomic E-state index is 0. The van der Waals surface area contributed by atoms with Crippen molar-refractivity contribution in [2.75, 3.05) is 26.7 Å². The van der Waals surface area contributed by atoms with E-state index in [9.17, 15) is 4.79 Å². The van der Waals surface area contributed by atoms with Crippen molar-refractivity contribution in [1.29, 1.82) is 0 Å². The first-order valence-corrected chi connectivity index (χ1v) is 6.81. The molecule has 0 aliphatic rings. The summed E-state index contributed by atoms with van der Waals surface area (Å²) in [7, 11) is 1.88. The Morgan fingerprint density at radius 1 is 1.26 bits per heavy atom. The van der Waals surface area contributed by atoms with Crippen molar-refractivity contribution in [3.05, 3.63) is 28.7 Å². The van der Waals surface area contributed by atoms with E-state index in [1.165, 1.54) is 0 Å². The van der Waals surface area contributed by atoms with Crippen LogP contribution >= 0.6 is 28.3 Å². The summed E-state index contributed by atoms with van der Waals surface area (Å²) in [6.07, 6.45) is 1.41. The maximum atomic E-state index is 11.4. The van der Waals surface area contributed by atoms with Gasteiger partial charge >= 0.3 is 0 Å². The average molecular weight is 352 g/mol. The lowest BCUT2D eigenvalue weighted by Gasteiger charge is -2.07. The van der Waals surface area contributed by atoms with Crippen molar-refractivity contribution in [3.8, 4) is 5.75 Å². The van der Waals surface area contributed by atoms with E-state index in [1.54, 1.807) is 0 Å². The van der Waals surface area contributed by atoms with E-state index < -0.39 is 0 Å². The van der Waals surface area contributed by atoms with E-state index in [4.69, 9.17) is 4.74 Å². The van der Waals surface area contributed by atoms with Crippen molar-refractivity contribution >= 4 is 34.2 Å². The Hall–Kier alpha value is -0.780. The lowest BCUT2D eigenvalue weighted by molar-refractivity contribution is -0.121. The topological polar surface area (TPSA) is 50.4 Å². The summed E-state index contributed by atoms with van der Waals surface area (Å²) < 4.78 is 6.51. The van der Waals surface area contributed by atoms with Gasteiger partial charge in [-0.05, 0) is 44.3 Å². The minimum absolute atomic E-state index is 0. The van der Waals surface area contributed by atoms with Crippen molar-refractivity contribution in [3.63, 3.8) is 0 Å². The second-order valence-electron chi connectivity index (χ2n) is 3.86. The van der Waals surface area contributed by atoms with Crippen LogP contribution in [0.15, 0.2) is 28.7 Å². The number of nitrogens with one attached hydrogen (secondary N) is 2. The average Bonchev–Trinajstić information content (AvgIpc) is 2.37. The van der Waals surface area contributed by atoms with E-state index in [-0.39, 0.29) is 18.3 Å². The van der Waals surface area contributed by atoms with Crippen LogP contribution in [0.5, 0.6) is 5.75 Å². The van der Waals surface area contributed by atoms with Gasteiger partial charge in [0.05, 0.1) is 6.54 Å². The second kappa shape index (κ2) is 11.1. The first-order valence-electron chi connectivity index (χ1n) is 6.02. The number of amides is 1. The van der Waals surface area contributed by atoms with Crippen molar-refractivity contribution < 1.29 is 9.53 Å². The maximum absolute atomic E-state index is 11.4. The number of rotatable bonds is 8. The van der Waals surface area contributed by atoms with Gasteiger partial charge in [0.1, 0.15) is 12.4 Å². The van der Waals surface area contributed by atoms with Crippen LogP contribution in [0.25, 0.3) is 0 Å². The van der Waals surface area contributed by atoms with E-state index in [0.29, 0.717) is 19.6 Å². The van der Waals surface area contributed by atoms with Gasteiger partial charge in [-0.1, -0.05) is 15.9 Å². The number of carbonyl (C=O) groups excluding carboxylic acids is 1. The number of hydrogen-bond donors (Lipinski definition) is 2. The summed E-state index contributed by atoms with van der Waals surface area (Å²) in [5.41, 5.74) is 0. The second-order valence-corrected chi connectivity index (χ2v) is 4.78. The Bertz CT molecular complexity index is 360. The number of halogens is 2. The smallest absolute Gasteiger partial charge is 0.220 e. The summed E-state index contributed by atoms with van der Waals surface area (Å²) in [5, 5.41) is 5.83. The van der Waals surface area contributed by atoms with Crippen LogP contribution in [-0.2, 0) is 4.79 Å². The Balaban J connectivity index is 0.00000324. The van der Waals surface area contributed by atoms with Gasteiger partial charge in [-0.15, -0.1) is 12.4 Å². The minimum Gasteiger partial charge on any atom is -0.492 e. The van der Waals surface area contributed by atoms with Crippen LogP contribution < -0.4 is 15.4 Å². The van der Waals surface area contributed by atoms with E-state index in [2.05, 4.69) is 26.6 Å². The highest BCUT2D eigenvalue weighted by Crippen LogP contribution is 2.15. The molecular formula is C13H20BrClN2O2. The van der Waals surface area contributed by atoms with E-state index >= 15 is 0 Å². The van der Waals surface area contributed by atoms with Gasteiger partial charge in [0.25, 0.3) is 0 Å². The zero-order chi connectivity index (χ0) is 13.2. The standard InChI is InChI=1S/C13H19BrN2O2.ClH/c1-15-8-2-3-13(17)16-9-10-18-12-6-4-11(14)5-7-12;/h4-7,15H,2-3,8-10H2,1H3,(H,16,17);1H. The monoisotopic (exact) mass is 350 g/mol. The third-order valence-electron chi connectivity index (χ3n) is 2.34. The van der Waals surface area contributed by atoms with Crippen LogP contribution in [0, 0.1) is 0 Å². The molecule has 0 spiro atoms. The molecule has 1 rings (SSSR count). The van der Waals surface area contributed by atoms with Crippen LogP contribution in [0.1, 0.15) is 12.8 Å². The van der Waals surface area contributed by atoms with Gasteiger partial charge in [0.2, 0.25) is 5.91 Å². The predicted molar refractivity (Wildman–Crippen MR) is 83.1 cm³/mol. The molecule has 1 aromatic rings. The SMILES string of the molecule is CNCCCC(=O)NCCOc1ccc(Br)cc1.Cl. The first-order chi connectivity index (χ1) is 8.72. The molecule has 19 heavy (non-hydrogen) atoms. The molecule has 0 aliphatic heterocycles. The molecule has 1 aromatic carbocycles. The fraction of sp³-hybridized carbons (Fsp3) is 0.462. The molecule has 0 bridgehead atoms. The molecule has 1 amide bonds. The molecule has 0 saturated heterocycles. The summed E-state index contributed by atoms with van der Waals surface area (Å²) >= 11 is 3.36. The van der Waals surface area contributed by atoms with Crippen molar-refractivity contribution in [1.82, 2.24) is 10.6 Å². The summed E-state index contributed by atoms with van der Waals surface area (Å²) in [6, 6.07) is 7.62. The zero-order valence-electron chi connectivity index (χ0n) is 10.9. The van der Waals surface area contributed by atoms with E-state index in [1.807, 2.05) is 31.3 Å². The van der Waals surface area contributed by atoms with Gasteiger partial charge in [0, 0.05) is 10.9 Å². The third kappa shape index (κ3) is 8.86. The number of ether oxygens (including phenoxy) is 1. The lowest BCUT2D eigenvalue weighted by Crippen LogP contribution is -2.28. The van der Waals surface area contributed by atoms with Crippen LogP contribution in [0.4, 0.5) is 0 Å². The molecule has 0 aromatic heterocycles. The highest BCUT2D eigenvalue weighted by atomic mass is 79.9. The molecule has 6 heteroatoms. The normalized spacial score (nSPS) is 9.58. The van der Waals surface area contributed by atoms with Gasteiger partial charge in [-0.2, -0.15) is 0 Å². The highest BCUT2D eigenvalue weighted by molar-refractivity contribution is 9.10. The summed E-state index contributed by atoms with van der Waals surface area (Å²) in [5.74, 6) is 0.882. The number of carbonyl (C=O) groups is 1. The molecule has 4 nitrogen and oxygen atoms in total.